The molecule has 0 rings (SSSR count). The molecule has 0 unspecified atom stereocenters. The van der Waals surface area contributed by atoms with Crippen molar-refractivity contribution in [1.29, 1.82) is 0 Å². The number of carbonyl (C=O) groups is 2. The van der Waals surface area contributed by atoms with Crippen molar-refractivity contribution in [3.8, 4) is 0 Å². The lowest BCUT2D eigenvalue weighted by Gasteiger charge is -1.81. The summed E-state index contributed by atoms with van der Waals surface area (Å²) in [5, 5.41) is 1.99. The van der Waals surface area contributed by atoms with Gasteiger partial charge in [-0.05, 0) is 0 Å². The van der Waals surface area contributed by atoms with E-state index in [-0.39, 0.29) is 11.8 Å². The molecule has 12 heavy (non-hydrogen) atoms. The summed E-state index contributed by atoms with van der Waals surface area (Å²) in [5.41, 5.74) is 9.57. The minimum Gasteiger partial charge on any atom is -0.370 e. The number of primary amides is 2. The third kappa shape index (κ3) is 22.5. The molecule has 0 heterocycles. The maximum Gasteiger partial charge on any atom is 0.216 e. The first-order valence-corrected chi connectivity index (χ1v) is 6.94. The second-order valence-corrected chi connectivity index (χ2v) is 4.43. The zero-order valence-corrected chi connectivity index (χ0v) is 11.8. The number of amides is 2. The van der Waals surface area contributed by atoms with Crippen LogP contribution < -0.4 is 11.5 Å². The molecule has 0 aliphatic rings. The Balaban J connectivity index is 0. The molecule has 0 spiro atoms. The number of nitrogens with two attached hydrogens (primary N) is 2. The molecule has 0 aromatic carbocycles. The summed E-state index contributed by atoms with van der Waals surface area (Å²) in [6.45, 7) is 0. The number of carbonyl (C=O) groups excluding carboxylic acids is 2. The second-order valence-electron chi connectivity index (χ2n) is 2.43. The number of hydrogen-bond acceptors (Lipinski definition) is 2. The molecule has 2 amide bonds. The smallest absolute Gasteiger partial charge is 0.216 e. The standard InChI is InChI=1S/2C3H6NO.2Al.4H/c2*1-2-3(4)5;;;;;;/h2*1-2H2,(H2,4,5);;;;;;. The average molecular weight is 202 g/mol. The highest BCUT2D eigenvalue weighted by Gasteiger charge is 1.85. The third-order valence-corrected chi connectivity index (χ3v) is 1.99. The molecule has 0 aromatic heterocycles. The van der Waals surface area contributed by atoms with Crippen molar-refractivity contribution >= 4 is 44.4 Å². The maximum absolute atomic E-state index is 9.84. The Morgan fingerprint density at radius 2 is 1.17 bits per heavy atom. The first-order chi connectivity index (χ1) is 5.54. The van der Waals surface area contributed by atoms with Gasteiger partial charge >= 0.3 is 0 Å². The molecule has 4 N–H and O–H groups in total. The van der Waals surface area contributed by atoms with Crippen LogP contribution in [0.15, 0.2) is 0 Å². The largest absolute Gasteiger partial charge is 0.370 e. The van der Waals surface area contributed by atoms with E-state index in [1.165, 1.54) is 0 Å². The third-order valence-electron chi connectivity index (χ3n) is 0.993. The summed E-state index contributed by atoms with van der Waals surface area (Å²) in [4.78, 5) is 19.7. The Hall–Kier alpha value is 0.00494. The SMILES string of the molecule is NC(=O)C[CH2][AlH2].NC(=O)C[CH2][AlH2]. The van der Waals surface area contributed by atoms with E-state index in [0.717, 1.165) is 43.1 Å². The van der Waals surface area contributed by atoms with Crippen molar-refractivity contribution in [2.24, 2.45) is 11.5 Å². The molecule has 0 fully saturated rings. The van der Waals surface area contributed by atoms with Gasteiger partial charge in [-0.15, -0.1) is 0 Å². The van der Waals surface area contributed by atoms with Crippen LogP contribution in [0.1, 0.15) is 12.8 Å². The Labute approximate surface area is 88.9 Å². The first-order valence-electron chi connectivity index (χ1n) is 4.11. The molecule has 0 saturated carbocycles. The molecule has 6 heteroatoms. The molecule has 0 atom stereocenters. The lowest BCUT2D eigenvalue weighted by atomic mass is 10.5. The fourth-order valence-electron chi connectivity index (χ4n) is 0.493. The zero-order chi connectivity index (χ0) is 9.98. The quantitative estimate of drug-likeness (QED) is 0.508. The fraction of sp³-hybridized carbons (Fsp3) is 0.667. The van der Waals surface area contributed by atoms with Gasteiger partial charge in [0.2, 0.25) is 44.4 Å². The topological polar surface area (TPSA) is 86.2 Å². The molecule has 68 valence electrons. The van der Waals surface area contributed by atoms with E-state index in [0.29, 0.717) is 12.8 Å². The Kier molecular flexibility index (Phi) is 13.3. The van der Waals surface area contributed by atoms with E-state index in [9.17, 15) is 9.59 Å². The summed E-state index contributed by atoms with van der Waals surface area (Å²) in [7, 11) is 0. The van der Waals surface area contributed by atoms with E-state index in [4.69, 9.17) is 11.5 Å². The van der Waals surface area contributed by atoms with Crippen LogP contribution in [-0.4, -0.2) is 44.4 Å². The highest BCUT2D eigenvalue weighted by Crippen LogP contribution is 1.77. The van der Waals surface area contributed by atoms with Crippen LogP contribution in [-0.2, 0) is 9.59 Å². The van der Waals surface area contributed by atoms with Crippen LogP contribution >= 0.6 is 0 Å². The Bertz CT molecular complexity index is 126. The van der Waals surface area contributed by atoms with E-state index >= 15 is 0 Å². The van der Waals surface area contributed by atoms with Crippen molar-refractivity contribution in [2.45, 2.75) is 23.4 Å². The number of hydrogen-bond donors (Lipinski definition) is 2. The summed E-state index contributed by atoms with van der Waals surface area (Å²) in [6, 6.07) is 0. The normalized spacial score (nSPS) is 8.00. The lowest BCUT2D eigenvalue weighted by molar-refractivity contribution is -0.118. The summed E-state index contributed by atoms with van der Waals surface area (Å²) >= 11 is 2.17. The minimum absolute atomic E-state index is 0.176. The van der Waals surface area contributed by atoms with E-state index in [1.807, 2.05) is 0 Å². The average Bonchev–Trinajstić information content (AvgIpc) is 1.87. The van der Waals surface area contributed by atoms with Crippen molar-refractivity contribution < 1.29 is 9.59 Å². The Morgan fingerprint density at radius 3 is 1.17 bits per heavy atom. The lowest BCUT2D eigenvalue weighted by Crippen LogP contribution is -2.08. The maximum atomic E-state index is 9.84. The number of rotatable bonds is 4. The van der Waals surface area contributed by atoms with Crippen LogP contribution in [0, 0.1) is 0 Å². The van der Waals surface area contributed by atoms with Gasteiger partial charge in [0.05, 0.1) is 0 Å². The van der Waals surface area contributed by atoms with Crippen LogP contribution in [0.25, 0.3) is 0 Å². The van der Waals surface area contributed by atoms with E-state index in [2.05, 4.69) is 0 Å². The van der Waals surface area contributed by atoms with Crippen molar-refractivity contribution in [1.82, 2.24) is 0 Å². The van der Waals surface area contributed by atoms with Crippen LogP contribution in [0.3, 0.4) is 0 Å². The summed E-state index contributed by atoms with van der Waals surface area (Å²) in [5.74, 6) is -0.352. The summed E-state index contributed by atoms with van der Waals surface area (Å²) < 4.78 is 0. The van der Waals surface area contributed by atoms with Gasteiger partial charge in [-0.2, -0.15) is 0 Å². The van der Waals surface area contributed by atoms with Crippen LogP contribution in [0.2, 0.25) is 10.6 Å². The molecular formula is C6H16Al2N2O2. The minimum atomic E-state index is -0.176. The van der Waals surface area contributed by atoms with Gasteiger partial charge < -0.3 is 11.5 Å². The van der Waals surface area contributed by atoms with Crippen LogP contribution in [0.4, 0.5) is 0 Å². The van der Waals surface area contributed by atoms with Gasteiger partial charge in [0.15, 0.2) is 0 Å². The Morgan fingerprint density at radius 1 is 0.917 bits per heavy atom. The van der Waals surface area contributed by atoms with Crippen molar-refractivity contribution in [3.05, 3.63) is 0 Å². The molecule has 0 aliphatic heterocycles. The highest BCUT2D eigenvalue weighted by molar-refractivity contribution is 6.10. The van der Waals surface area contributed by atoms with Gasteiger partial charge in [-0.3, -0.25) is 9.59 Å². The molecular weight excluding hydrogens is 186 g/mol. The fourth-order valence-corrected chi connectivity index (χ4v) is 1.48. The summed E-state index contributed by atoms with van der Waals surface area (Å²) in [6.07, 6.45) is 1.15. The van der Waals surface area contributed by atoms with E-state index in [1.54, 1.807) is 0 Å². The predicted molar refractivity (Wildman–Crippen MR) is 54.3 cm³/mol. The first kappa shape index (κ1) is 14.5. The molecule has 0 aliphatic carbocycles. The molecule has 0 bridgehead atoms. The second kappa shape index (κ2) is 11.0. The van der Waals surface area contributed by atoms with Crippen LogP contribution in [0.5, 0.6) is 0 Å². The van der Waals surface area contributed by atoms with Crippen molar-refractivity contribution in [3.63, 3.8) is 0 Å². The van der Waals surface area contributed by atoms with Gasteiger partial charge in [0, 0.05) is 12.8 Å². The van der Waals surface area contributed by atoms with Gasteiger partial charge in [-0.25, -0.2) is 0 Å². The molecule has 0 radical (unpaired) electrons. The van der Waals surface area contributed by atoms with Crippen molar-refractivity contribution in [2.75, 3.05) is 0 Å². The van der Waals surface area contributed by atoms with Gasteiger partial charge in [0.25, 0.3) is 0 Å². The zero-order valence-electron chi connectivity index (χ0n) is 7.80. The highest BCUT2D eigenvalue weighted by atomic mass is 27.0. The molecule has 0 aromatic rings. The molecule has 0 saturated heterocycles. The van der Waals surface area contributed by atoms with Gasteiger partial charge in [-0.1, -0.05) is 10.6 Å². The predicted octanol–water partition coefficient (Wildman–Crippen LogP) is -2.17. The van der Waals surface area contributed by atoms with Gasteiger partial charge in [0.1, 0.15) is 0 Å². The molecule has 4 nitrogen and oxygen atoms in total. The monoisotopic (exact) mass is 202 g/mol. The van der Waals surface area contributed by atoms with E-state index < -0.39 is 0 Å².